The van der Waals surface area contributed by atoms with E-state index in [4.69, 9.17) is 0 Å². The van der Waals surface area contributed by atoms with Crippen molar-refractivity contribution in [1.82, 2.24) is 20.3 Å². The Labute approximate surface area is 199 Å². The Morgan fingerprint density at radius 1 is 1.23 bits per heavy atom. The van der Waals surface area contributed by atoms with E-state index in [1.54, 1.807) is 6.92 Å². The maximum Gasteiger partial charge on any atom is 0.416 e. The average Bonchev–Trinajstić information content (AvgIpc) is 3.12. The Morgan fingerprint density at radius 3 is 2.48 bits per heavy atom. The molecule has 0 aliphatic carbocycles. The summed E-state index contributed by atoms with van der Waals surface area (Å²) in [7, 11) is -3.23. The standard InChI is InChI=1S/C19H30F3N5O2S.HI/c1-3-23-18(24-10-11-25-30(28,29)4-2)26-17-9-12-27(14-17)13-15-5-7-16(8-6-15)19(20,21)22;/h5-8,17,25H,3-4,9-14H2,1-2H3,(H2,23,24,26);1H. The summed E-state index contributed by atoms with van der Waals surface area (Å²) in [6.45, 7) is 6.91. The molecule has 1 saturated heterocycles. The van der Waals surface area contributed by atoms with Gasteiger partial charge in [0, 0.05) is 38.8 Å². The highest BCUT2D eigenvalue weighted by Gasteiger charge is 2.30. The number of sulfonamides is 1. The van der Waals surface area contributed by atoms with Crippen molar-refractivity contribution in [3.8, 4) is 0 Å². The molecule has 7 nitrogen and oxygen atoms in total. The Kier molecular flexibility index (Phi) is 11.5. The molecule has 0 aromatic heterocycles. The van der Waals surface area contributed by atoms with E-state index in [2.05, 4.69) is 25.2 Å². The molecule has 0 radical (unpaired) electrons. The number of guanidine groups is 1. The first kappa shape index (κ1) is 27.9. The fraction of sp³-hybridized carbons (Fsp3) is 0.632. The summed E-state index contributed by atoms with van der Waals surface area (Å²) < 4.78 is 63.4. The normalized spacial score (nSPS) is 18.0. The van der Waals surface area contributed by atoms with Gasteiger partial charge in [-0.2, -0.15) is 13.2 Å². The first-order valence-corrected chi connectivity index (χ1v) is 11.7. The lowest BCUT2D eigenvalue weighted by molar-refractivity contribution is -0.137. The minimum atomic E-state index is -4.32. The number of hydrogen-bond donors (Lipinski definition) is 3. The topological polar surface area (TPSA) is 85.8 Å². The number of nitrogens with zero attached hydrogens (tertiary/aromatic N) is 2. The van der Waals surface area contributed by atoms with E-state index in [1.165, 1.54) is 12.1 Å². The van der Waals surface area contributed by atoms with E-state index in [0.29, 0.717) is 25.6 Å². The number of hydrogen-bond acceptors (Lipinski definition) is 4. The summed E-state index contributed by atoms with van der Waals surface area (Å²) >= 11 is 0. The van der Waals surface area contributed by atoms with Crippen LogP contribution in [0, 0.1) is 0 Å². The van der Waals surface area contributed by atoms with Crippen LogP contribution in [0.25, 0.3) is 0 Å². The third kappa shape index (κ3) is 9.91. The summed E-state index contributed by atoms with van der Waals surface area (Å²) in [5.74, 6) is 0.654. The number of alkyl halides is 3. The molecule has 0 amide bonds. The van der Waals surface area contributed by atoms with Gasteiger partial charge in [-0.15, -0.1) is 24.0 Å². The average molecular weight is 577 g/mol. The lowest BCUT2D eigenvalue weighted by Crippen LogP contribution is -2.45. The van der Waals surface area contributed by atoms with Gasteiger partial charge in [0.15, 0.2) is 5.96 Å². The quantitative estimate of drug-likeness (QED) is 0.182. The number of likely N-dealkylation sites (tertiary alicyclic amines) is 1. The number of benzene rings is 1. The molecule has 1 aromatic carbocycles. The van der Waals surface area contributed by atoms with Gasteiger partial charge < -0.3 is 10.6 Å². The largest absolute Gasteiger partial charge is 0.416 e. The molecule has 1 atom stereocenters. The summed E-state index contributed by atoms with van der Waals surface area (Å²) in [4.78, 5) is 6.58. The van der Waals surface area contributed by atoms with Crippen LogP contribution in [-0.2, 0) is 22.7 Å². The van der Waals surface area contributed by atoms with Crippen molar-refractivity contribution in [2.24, 2.45) is 4.99 Å². The number of nitrogens with one attached hydrogen (secondary N) is 3. The van der Waals surface area contributed by atoms with Crippen LogP contribution in [0.4, 0.5) is 13.2 Å². The van der Waals surface area contributed by atoms with Crippen molar-refractivity contribution in [1.29, 1.82) is 0 Å². The molecule has 3 N–H and O–H groups in total. The molecule has 0 saturated carbocycles. The van der Waals surface area contributed by atoms with Crippen molar-refractivity contribution in [2.75, 3.05) is 38.5 Å². The highest BCUT2D eigenvalue weighted by atomic mass is 127. The second-order valence-corrected chi connectivity index (χ2v) is 9.21. The van der Waals surface area contributed by atoms with Crippen LogP contribution in [0.2, 0.25) is 0 Å². The summed E-state index contributed by atoms with van der Waals surface area (Å²) in [6.07, 6.45) is -3.44. The zero-order valence-electron chi connectivity index (χ0n) is 17.7. The molecule has 1 aliphatic rings. The third-order valence-corrected chi connectivity index (χ3v) is 6.13. The highest BCUT2D eigenvalue weighted by molar-refractivity contribution is 14.0. The Morgan fingerprint density at radius 2 is 1.90 bits per heavy atom. The van der Waals surface area contributed by atoms with Gasteiger partial charge in [0.1, 0.15) is 0 Å². The Bertz CT molecular complexity index is 804. The first-order valence-electron chi connectivity index (χ1n) is 10.0. The van der Waals surface area contributed by atoms with Crippen molar-refractivity contribution < 1.29 is 21.6 Å². The highest BCUT2D eigenvalue weighted by Crippen LogP contribution is 2.29. The molecular weight excluding hydrogens is 546 g/mol. The first-order chi connectivity index (χ1) is 14.1. The minimum Gasteiger partial charge on any atom is -0.357 e. The predicted octanol–water partition coefficient (Wildman–Crippen LogP) is 2.39. The third-order valence-electron chi connectivity index (χ3n) is 4.73. The van der Waals surface area contributed by atoms with Gasteiger partial charge in [0.25, 0.3) is 0 Å². The fourth-order valence-corrected chi connectivity index (χ4v) is 3.74. The van der Waals surface area contributed by atoms with Crippen LogP contribution in [0.15, 0.2) is 29.3 Å². The fourth-order valence-electron chi connectivity index (χ4n) is 3.14. The van der Waals surface area contributed by atoms with Crippen LogP contribution in [0.1, 0.15) is 31.4 Å². The Hall–Kier alpha value is -1.12. The maximum atomic E-state index is 12.7. The molecular formula is C19H31F3IN5O2S. The molecule has 178 valence electrons. The molecule has 1 aliphatic heterocycles. The lowest BCUT2D eigenvalue weighted by atomic mass is 10.1. The molecule has 12 heteroatoms. The lowest BCUT2D eigenvalue weighted by Gasteiger charge is -2.19. The number of aliphatic imine (C=N–C) groups is 1. The van der Waals surface area contributed by atoms with E-state index in [9.17, 15) is 21.6 Å². The van der Waals surface area contributed by atoms with Crippen LogP contribution in [0.5, 0.6) is 0 Å². The van der Waals surface area contributed by atoms with E-state index < -0.39 is 21.8 Å². The molecule has 2 rings (SSSR count). The van der Waals surface area contributed by atoms with Crippen LogP contribution >= 0.6 is 24.0 Å². The van der Waals surface area contributed by atoms with E-state index in [1.807, 2.05) is 6.92 Å². The maximum absolute atomic E-state index is 12.7. The van der Waals surface area contributed by atoms with Gasteiger partial charge >= 0.3 is 6.18 Å². The van der Waals surface area contributed by atoms with Crippen molar-refractivity contribution in [2.45, 2.75) is 39.0 Å². The monoisotopic (exact) mass is 577 g/mol. The van der Waals surface area contributed by atoms with Gasteiger partial charge in [0.2, 0.25) is 10.0 Å². The molecule has 1 fully saturated rings. The zero-order chi connectivity index (χ0) is 22.2. The van der Waals surface area contributed by atoms with Crippen LogP contribution in [0.3, 0.4) is 0 Å². The van der Waals surface area contributed by atoms with Crippen LogP contribution < -0.4 is 15.4 Å². The smallest absolute Gasteiger partial charge is 0.357 e. The Balaban J connectivity index is 0.00000480. The van der Waals surface area contributed by atoms with Crippen molar-refractivity contribution in [3.63, 3.8) is 0 Å². The molecule has 0 spiro atoms. The van der Waals surface area contributed by atoms with E-state index in [-0.39, 0.29) is 42.3 Å². The number of halogens is 4. The van der Waals surface area contributed by atoms with E-state index >= 15 is 0 Å². The summed E-state index contributed by atoms with van der Waals surface area (Å²) in [5.41, 5.74) is 0.201. The van der Waals surface area contributed by atoms with Gasteiger partial charge in [-0.3, -0.25) is 9.89 Å². The second kappa shape index (κ2) is 12.8. The SMILES string of the molecule is CCNC(=NCCNS(=O)(=O)CC)NC1CCN(Cc2ccc(C(F)(F)F)cc2)C1.I. The molecule has 1 heterocycles. The van der Waals surface area contributed by atoms with Crippen molar-refractivity contribution >= 4 is 40.0 Å². The van der Waals surface area contributed by atoms with E-state index in [0.717, 1.165) is 37.2 Å². The summed E-state index contributed by atoms with van der Waals surface area (Å²) in [5, 5.41) is 6.49. The van der Waals surface area contributed by atoms with Gasteiger partial charge in [-0.1, -0.05) is 12.1 Å². The molecule has 1 unspecified atom stereocenters. The number of rotatable bonds is 9. The van der Waals surface area contributed by atoms with Crippen molar-refractivity contribution in [3.05, 3.63) is 35.4 Å². The van der Waals surface area contributed by atoms with Crippen LogP contribution in [-0.4, -0.2) is 63.8 Å². The summed E-state index contributed by atoms with van der Waals surface area (Å²) in [6, 6.07) is 5.43. The van der Waals surface area contributed by atoms with Gasteiger partial charge in [-0.05, 0) is 38.0 Å². The second-order valence-electron chi connectivity index (χ2n) is 7.12. The molecule has 31 heavy (non-hydrogen) atoms. The molecule has 0 bridgehead atoms. The minimum absolute atomic E-state index is 0. The van der Waals surface area contributed by atoms with Gasteiger partial charge in [0.05, 0.1) is 17.9 Å². The predicted molar refractivity (Wildman–Crippen MR) is 127 cm³/mol. The molecule has 1 aromatic rings. The zero-order valence-corrected chi connectivity index (χ0v) is 20.9. The van der Waals surface area contributed by atoms with Gasteiger partial charge in [-0.25, -0.2) is 13.1 Å².